The van der Waals surface area contributed by atoms with E-state index in [2.05, 4.69) is 6.92 Å². The maximum Gasteiger partial charge on any atom is 0.305 e. The fourth-order valence-electron chi connectivity index (χ4n) is 4.47. The third-order valence-electron chi connectivity index (χ3n) is 5.97. The van der Waals surface area contributed by atoms with Gasteiger partial charge in [-0.05, 0) is 37.8 Å². The van der Waals surface area contributed by atoms with Gasteiger partial charge in [-0.3, -0.25) is 24.3 Å². The lowest BCUT2D eigenvalue weighted by Crippen LogP contribution is -2.57. The van der Waals surface area contributed by atoms with Crippen LogP contribution in [0, 0.1) is 0 Å². The summed E-state index contributed by atoms with van der Waals surface area (Å²) < 4.78 is 16.9. The van der Waals surface area contributed by atoms with Crippen molar-refractivity contribution in [1.82, 2.24) is 9.88 Å². The van der Waals surface area contributed by atoms with Gasteiger partial charge < -0.3 is 14.2 Å². The van der Waals surface area contributed by atoms with Crippen molar-refractivity contribution in [2.24, 2.45) is 0 Å². The molecule has 1 aliphatic rings. The number of amides is 1. The molecule has 1 fully saturated rings. The van der Waals surface area contributed by atoms with Crippen molar-refractivity contribution in [3.63, 3.8) is 0 Å². The minimum Gasteiger partial charge on any atom is -0.466 e. The number of carbonyl (C=O) groups excluding carboxylic acids is 3. The van der Waals surface area contributed by atoms with Crippen molar-refractivity contribution in [2.75, 3.05) is 13.2 Å². The monoisotopic (exact) mass is 476 g/mol. The molecule has 190 valence electrons. The number of carbonyl (C=O) groups is 3. The van der Waals surface area contributed by atoms with Gasteiger partial charge in [0.15, 0.2) is 0 Å². The van der Waals surface area contributed by atoms with Crippen LogP contribution < -0.4 is 0 Å². The molecule has 2 rings (SSSR count). The number of rotatable bonds is 14. The highest BCUT2D eigenvalue weighted by molar-refractivity contribution is 5.75. The molecule has 0 aliphatic carbocycles. The first-order chi connectivity index (χ1) is 16.3. The van der Waals surface area contributed by atoms with Crippen LogP contribution in [-0.2, 0) is 40.7 Å². The van der Waals surface area contributed by atoms with Gasteiger partial charge in [0.1, 0.15) is 11.9 Å². The molecule has 34 heavy (non-hydrogen) atoms. The molecule has 2 unspecified atom stereocenters. The topological polar surface area (TPSA) is 95.0 Å². The predicted octanol–water partition coefficient (Wildman–Crippen LogP) is 4.64. The maximum absolute atomic E-state index is 12.9. The minimum absolute atomic E-state index is 0.0392. The molecule has 1 aromatic rings. The Labute approximate surface area is 203 Å². The number of unbranched alkanes of at least 4 members (excludes halogenated alkanes) is 5. The molecule has 2 atom stereocenters. The zero-order chi connectivity index (χ0) is 25.0. The third-order valence-corrected chi connectivity index (χ3v) is 5.97. The van der Waals surface area contributed by atoms with Gasteiger partial charge in [0.05, 0.1) is 6.61 Å². The summed E-state index contributed by atoms with van der Waals surface area (Å²) in [5.41, 5.74) is -0.240. The highest BCUT2D eigenvalue weighted by Gasteiger charge is 2.49. The number of aryl methyl sites for hydroxylation is 1. The fourth-order valence-corrected chi connectivity index (χ4v) is 4.47. The average molecular weight is 477 g/mol. The molecule has 1 aliphatic heterocycles. The Kier molecular flexibility index (Phi) is 11.5. The minimum atomic E-state index is -1.54. The van der Waals surface area contributed by atoms with E-state index in [1.165, 1.54) is 51.4 Å². The second kappa shape index (κ2) is 14.0. The number of hydrogen-bond acceptors (Lipinski definition) is 7. The summed E-state index contributed by atoms with van der Waals surface area (Å²) in [5.74, 6) is -1.32. The van der Waals surface area contributed by atoms with Gasteiger partial charge in [0.2, 0.25) is 11.6 Å². The molecule has 8 nitrogen and oxygen atoms in total. The molecule has 0 aromatic carbocycles. The van der Waals surface area contributed by atoms with Crippen LogP contribution in [0.1, 0.15) is 96.9 Å². The summed E-state index contributed by atoms with van der Waals surface area (Å²) in [6, 6.07) is 5.57. The van der Waals surface area contributed by atoms with Crippen molar-refractivity contribution in [3.05, 3.63) is 29.6 Å². The van der Waals surface area contributed by atoms with E-state index in [-0.39, 0.29) is 18.9 Å². The van der Waals surface area contributed by atoms with E-state index in [0.29, 0.717) is 18.7 Å². The molecular formula is C26H40N2O6. The summed E-state index contributed by atoms with van der Waals surface area (Å²) in [6.07, 6.45) is 8.75. The predicted molar refractivity (Wildman–Crippen MR) is 128 cm³/mol. The summed E-state index contributed by atoms with van der Waals surface area (Å²) in [5, 5.41) is 0. The maximum atomic E-state index is 12.9. The Bertz CT molecular complexity index is 808. The van der Waals surface area contributed by atoms with E-state index < -0.39 is 23.9 Å². The van der Waals surface area contributed by atoms with Crippen LogP contribution in [0.2, 0.25) is 0 Å². The lowest BCUT2D eigenvalue weighted by Gasteiger charge is -2.44. The van der Waals surface area contributed by atoms with Crippen molar-refractivity contribution < 1.29 is 28.6 Å². The Hall–Kier alpha value is -2.48. The Morgan fingerprint density at radius 3 is 2.44 bits per heavy atom. The number of ether oxygens (including phenoxy) is 3. The number of esters is 2. The number of hydrogen-bond donors (Lipinski definition) is 0. The Morgan fingerprint density at radius 2 is 1.82 bits per heavy atom. The molecule has 0 N–H and O–H groups in total. The van der Waals surface area contributed by atoms with E-state index in [4.69, 9.17) is 19.2 Å². The van der Waals surface area contributed by atoms with Gasteiger partial charge in [-0.25, -0.2) is 0 Å². The average Bonchev–Trinajstić information content (AvgIpc) is 3.29. The van der Waals surface area contributed by atoms with Crippen molar-refractivity contribution in [3.8, 4) is 0 Å². The molecule has 0 spiro atoms. The lowest BCUT2D eigenvalue weighted by atomic mass is 9.99. The van der Waals surface area contributed by atoms with Crippen molar-refractivity contribution in [1.29, 1.82) is 0 Å². The van der Waals surface area contributed by atoms with Gasteiger partial charge >= 0.3 is 11.9 Å². The fraction of sp³-hybridized carbons (Fsp3) is 0.692. The number of nitrogens with zero attached hydrogens (tertiary/aromatic N) is 2. The molecule has 1 aromatic heterocycles. The first-order valence-corrected chi connectivity index (χ1v) is 12.5. The van der Waals surface area contributed by atoms with Crippen LogP contribution in [-0.4, -0.2) is 47.2 Å². The largest absolute Gasteiger partial charge is 0.466 e. The highest BCUT2D eigenvalue weighted by atomic mass is 16.6. The molecule has 1 saturated heterocycles. The third kappa shape index (κ3) is 8.08. The Morgan fingerprint density at radius 1 is 1.09 bits per heavy atom. The number of pyridine rings is 1. The standard InChI is InChI=1S/C26H40N2O6/c1-5-6-7-8-9-10-13-23-14-11-15-24(27-23)26(34-22(4)31,17-19-32-21(3)30)28(20(2)29)25-16-12-18-33-25/h11,14-15,25H,5-10,12-13,16-19H2,1-4H3. The molecule has 1 amide bonds. The smallest absolute Gasteiger partial charge is 0.305 e. The molecule has 0 saturated carbocycles. The van der Waals surface area contributed by atoms with Crippen molar-refractivity contribution in [2.45, 2.75) is 104 Å². The van der Waals surface area contributed by atoms with Crippen LogP contribution in [0.5, 0.6) is 0 Å². The molecule has 2 heterocycles. The van der Waals surface area contributed by atoms with Crippen LogP contribution in [0.25, 0.3) is 0 Å². The zero-order valence-corrected chi connectivity index (χ0v) is 21.1. The number of aromatic nitrogens is 1. The summed E-state index contributed by atoms with van der Waals surface area (Å²) in [6.45, 7) is 6.71. The van der Waals surface area contributed by atoms with Crippen LogP contribution in [0.3, 0.4) is 0 Å². The molecule has 0 radical (unpaired) electrons. The Balaban J connectivity index is 2.39. The zero-order valence-electron chi connectivity index (χ0n) is 21.1. The van der Waals surface area contributed by atoms with Gasteiger partial charge in [0, 0.05) is 39.5 Å². The normalized spacial score (nSPS) is 17.1. The van der Waals surface area contributed by atoms with E-state index in [1.807, 2.05) is 12.1 Å². The van der Waals surface area contributed by atoms with Gasteiger partial charge in [-0.1, -0.05) is 45.1 Å². The van der Waals surface area contributed by atoms with Crippen LogP contribution in [0.4, 0.5) is 0 Å². The SMILES string of the molecule is CCCCCCCCc1cccc(C(CCOC(C)=O)(OC(C)=O)N(C(C)=O)C2CCCO2)n1. The summed E-state index contributed by atoms with van der Waals surface area (Å²) in [7, 11) is 0. The summed E-state index contributed by atoms with van der Waals surface area (Å²) >= 11 is 0. The van der Waals surface area contributed by atoms with Gasteiger partial charge in [-0.2, -0.15) is 0 Å². The van der Waals surface area contributed by atoms with Crippen LogP contribution >= 0.6 is 0 Å². The van der Waals surface area contributed by atoms with Gasteiger partial charge in [-0.15, -0.1) is 0 Å². The highest BCUT2D eigenvalue weighted by Crippen LogP contribution is 2.38. The molecule has 8 heteroatoms. The first kappa shape index (κ1) is 27.8. The quantitative estimate of drug-likeness (QED) is 0.219. The van der Waals surface area contributed by atoms with Crippen LogP contribution in [0.15, 0.2) is 18.2 Å². The van der Waals surface area contributed by atoms with E-state index >= 15 is 0 Å². The van der Waals surface area contributed by atoms with Gasteiger partial charge in [0.25, 0.3) is 0 Å². The second-order valence-corrected chi connectivity index (χ2v) is 8.86. The summed E-state index contributed by atoms with van der Waals surface area (Å²) in [4.78, 5) is 43.0. The molecule has 0 bridgehead atoms. The van der Waals surface area contributed by atoms with E-state index in [0.717, 1.165) is 31.4 Å². The second-order valence-electron chi connectivity index (χ2n) is 8.86. The lowest BCUT2D eigenvalue weighted by molar-refractivity contribution is -0.221. The van der Waals surface area contributed by atoms with E-state index in [9.17, 15) is 14.4 Å². The van der Waals surface area contributed by atoms with Crippen molar-refractivity contribution >= 4 is 17.8 Å². The molecular weight excluding hydrogens is 436 g/mol. The van der Waals surface area contributed by atoms with E-state index in [1.54, 1.807) is 6.07 Å². The first-order valence-electron chi connectivity index (χ1n) is 12.5.